The quantitative estimate of drug-likeness (QED) is 0.808. The first-order chi connectivity index (χ1) is 10.9. The lowest BCUT2D eigenvalue weighted by Gasteiger charge is -2.48. The standard InChI is InChI=1S/C18H28N2O3/c1-4-8-18(19-13(2)21)11-14-6-7-15(12-18)20(14)16(22)17(3)9-5-10-23-17/h4,14-15H,1,5-12H2,2-3H3,(H,19,21). The topological polar surface area (TPSA) is 58.6 Å². The SMILES string of the molecule is C=CCC1(NC(C)=O)CC2CCC(C1)N2C(=O)C1(C)CCCO1. The number of hydrogen-bond donors (Lipinski definition) is 1. The normalized spacial score (nSPS) is 39.3. The summed E-state index contributed by atoms with van der Waals surface area (Å²) in [6, 6.07) is 0.406. The van der Waals surface area contributed by atoms with Crippen molar-refractivity contribution < 1.29 is 14.3 Å². The van der Waals surface area contributed by atoms with Gasteiger partial charge in [-0.2, -0.15) is 0 Å². The minimum atomic E-state index is -0.646. The number of hydrogen-bond acceptors (Lipinski definition) is 3. The number of carbonyl (C=O) groups is 2. The molecule has 128 valence electrons. The van der Waals surface area contributed by atoms with E-state index in [1.807, 2.05) is 13.0 Å². The van der Waals surface area contributed by atoms with Crippen LogP contribution in [0.3, 0.4) is 0 Å². The van der Waals surface area contributed by atoms with Gasteiger partial charge < -0.3 is 15.0 Å². The molecule has 3 unspecified atom stereocenters. The highest BCUT2D eigenvalue weighted by molar-refractivity contribution is 5.86. The Labute approximate surface area is 138 Å². The highest BCUT2D eigenvalue weighted by atomic mass is 16.5. The summed E-state index contributed by atoms with van der Waals surface area (Å²) in [5.74, 6) is 0.148. The van der Waals surface area contributed by atoms with E-state index in [0.717, 1.165) is 44.9 Å². The zero-order chi connectivity index (χ0) is 16.7. The lowest BCUT2D eigenvalue weighted by atomic mass is 9.79. The van der Waals surface area contributed by atoms with Crippen LogP contribution in [0.2, 0.25) is 0 Å². The van der Waals surface area contributed by atoms with Gasteiger partial charge in [0.05, 0.1) is 0 Å². The number of ether oxygens (including phenoxy) is 1. The third-order valence-corrected chi connectivity index (χ3v) is 5.75. The highest BCUT2D eigenvalue weighted by Gasteiger charge is 2.53. The fourth-order valence-corrected chi connectivity index (χ4v) is 4.87. The van der Waals surface area contributed by atoms with Crippen molar-refractivity contribution in [3.8, 4) is 0 Å². The number of rotatable bonds is 4. The average molecular weight is 320 g/mol. The molecule has 3 saturated heterocycles. The largest absolute Gasteiger partial charge is 0.365 e. The molecule has 0 spiro atoms. The smallest absolute Gasteiger partial charge is 0.255 e. The molecular formula is C18H28N2O3. The second-order valence-electron chi connectivity index (χ2n) is 7.64. The molecule has 0 radical (unpaired) electrons. The van der Waals surface area contributed by atoms with Crippen molar-refractivity contribution in [1.82, 2.24) is 10.2 Å². The van der Waals surface area contributed by atoms with E-state index in [9.17, 15) is 9.59 Å². The Morgan fingerprint density at radius 1 is 1.35 bits per heavy atom. The first-order valence-electron chi connectivity index (χ1n) is 8.75. The van der Waals surface area contributed by atoms with E-state index in [1.165, 1.54) is 0 Å². The molecule has 0 aromatic carbocycles. The van der Waals surface area contributed by atoms with Crippen LogP contribution in [0.25, 0.3) is 0 Å². The maximum absolute atomic E-state index is 13.1. The molecule has 0 aromatic heterocycles. The summed E-state index contributed by atoms with van der Waals surface area (Å²) < 4.78 is 5.77. The van der Waals surface area contributed by atoms with Crippen LogP contribution in [0.15, 0.2) is 12.7 Å². The molecule has 3 heterocycles. The summed E-state index contributed by atoms with van der Waals surface area (Å²) in [7, 11) is 0. The van der Waals surface area contributed by atoms with Gasteiger partial charge in [0.1, 0.15) is 5.60 Å². The van der Waals surface area contributed by atoms with Gasteiger partial charge in [0.2, 0.25) is 5.91 Å². The van der Waals surface area contributed by atoms with Crippen LogP contribution < -0.4 is 5.32 Å². The van der Waals surface area contributed by atoms with Crippen LogP contribution >= 0.6 is 0 Å². The predicted octanol–water partition coefficient (Wildman–Crippen LogP) is 2.16. The van der Waals surface area contributed by atoms with Crippen LogP contribution in [-0.4, -0.2) is 46.5 Å². The second-order valence-corrected chi connectivity index (χ2v) is 7.64. The molecule has 2 amide bonds. The molecule has 2 bridgehead atoms. The van der Waals surface area contributed by atoms with Crippen molar-refractivity contribution in [3.63, 3.8) is 0 Å². The van der Waals surface area contributed by atoms with Crippen molar-refractivity contribution in [2.75, 3.05) is 6.61 Å². The van der Waals surface area contributed by atoms with Gasteiger partial charge in [-0.05, 0) is 51.9 Å². The number of piperidine rings is 1. The van der Waals surface area contributed by atoms with Gasteiger partial charge in [-0.1, -0.05) is 6.08 Å². The lowest BCUT2D eigenvalue weighted by molar-refractivity contribution is -0.157. The molecule has 5 heteroatoms. The van der Waals surface area contributed by atoms with Crippen LogP contribution in [0.5, 0.6) is 0 Å². The Morgan fingerprint density at radius 3 is 2.48 bits per heavy atom. The van der Waals surface area contributed by atoms with E-state index >= 15 is 0 Å². The summed E-state index contributed by atoms with van der Waals surface area (Å²) in [4.78, 5) is 26.8. The van der Waals surface area contributed by atoms with Crippen molar-refractivity contribution in [2.45, 2.75) is 82.0 Å². The molecule has 5 nitrogen and oxygen atoms in total. The van der Waals surface area contributed by atoms with E-state index in [1.54, 1.807) is 6.92 Å². The Morgan fingerprint density at radius 2 is 2.00 bits per heavy atom. The van der Waals surface area contributed by atoms with Crippen molar-refractivity contribution in [1.29, 1.82) is 0 Å². The minimum absolute atomic E-state index is 0.00267. The van der Waals surface area contributed by atoms with E-state index < -0.39 is 5.60 Å². The molecule has 3 fully saturated rings. The van der Waals surface area contributed by atoms with E-state index in [0.29, 0.717) is 6.61 Å². The van der Waals surface area contributed by atoms with Crippen LogP contribution in [0.1, 0.15) is 58.8 Å². The molecule has 23 heavy (non-hydrogen) atoms. The number of nitrogens with zero attached hydrogens (tertiary/aromatic N) is 1. The highest BCUT2D eigenvalue weighted by Crippen LogP contribution is 2.44. The molecule has 0 saturated carbocycles. The number of carbonyl (C=O) groups excluding carboxylic acids is 2. The first kappa shape index (κ1) is 16.5. The van der Waals surface area contributed by atoms with E-state index in [4.69, 9.17) is 4.74 Å². The maximum Gasteiger partial charge on any atom is 0.255 e. The fraction of sp³-hybridized carbons (Fsp3) is 0.778. The Balaban J connectivity index is 1.79. The van der Waals surface area contributed by atoms with Gasteiger partial charge in [-0.3, -0.25) is 9.59 Å². The number of nitrogens with one attached hydrogen (secondary N) is 1. The summed E-state index contributed by atoms with van der Waals surface area (Å²) >= 11 is 0. The summed E-state index contributed by atoms with van der Waals surface area (Å²) in [5.41, 5.74) is -0.888. The molecule has 0 aliphatic carbocycles. The second kappa shape index (κ2) is 5.93. The fourth-order valence-electron chi connectivity index (χ4n) is 4.87. The van der Waals surface area contributed by atoms with Gasteiger partial charge in [0, 0.05) is 31.2 Å². The molecule has 3 aliphatic rings. The van der Waals surface area contributed by atoms with Gasteiger partial charge >= 0.3 is 0 Å². The van der Waals surface area contributed by atoms with Crippen molar-refractivity contribution in [3.05, 3.63) is 12.7 Å². The first-order valence-corrected chi connectivity index (χ1v) is 8.75. The Bertz CT molecular complexity index is 496. The number of amides is 2. The van der Waals surface area contributed by atoms with Gasteiger partial charge in [0.15, 0.2) is 0 Å². The monoisotopic (exact) mass is 320 g/mol. The van der Waals surface area contributed by atoms with Crippen LogP contribution in [-0.2, 0) is 14.3 Å². The average Bonchev–Trinajstić information content (AvgIpc) is 3.02. The zero-order valence-corrected chi connectivity index (χ0v) is 14.3. The minimum Gasteiger partial charge on any atom is -0.365 e. The van der Waals surface area contributed by atoms with Gasteiger partial charge in [-0.25, -0.2) is 0 Å². The van der Waals surface area contributed by atoms with E-state index in [-0.39, 0.29) is 29.4 Å². The van der Waals surface area contributed by atoms with E-state index in [2.05, 4.69) is 16.8 Å². The van der Waals surface area contributed by atoms with Gasteiger partial charge in [0.25, 0.3) is 5.91 Å². The predicted molar refractivity (Wildman–Crippen MR) is 87.8 cm³/mol. The third-order valence-electron chi connectivity index (χ3n) is 5.75. The van der Waals surface area contributed by atoms with Crippen LogP contribution in [0.4, 0.5) is 0 Å². The van der Waals surface area contributed by atoms with Crippen molar-refractivity contribution >= 4 is 11.8 Å². The molecule has 1 N–H and O–H groups in total. The summed E-state index contributed by atoms with van der Waals surface area (Å²) in [6.45, 7) is 8.03. The Kier molecular flexibility index (Phi) is 4.25. The maximum atomic E-state index is 13.1. The van der Waals surface area contributed by atoms with Crippen LogP contribution in [0, 0.1) is 0 Å². The zero-order valence-electron chi connectivity index (χ0n) is 14.3. The molecule has 0 aromatic rings. The Hall–Kier alpha value is -1.36. The molecule has 3 atom stereocenters. The van der Waals surface area contributed by atoms with Gasteiger partial charge in [-0.15, -0.1) is 6.58 Å². The lowest BCUT2D eigenvalue weighted by Crippen LogP contribution is -2.62. The third kappa shape index (κ3) is 2.91. The summed E-state index contributed by atoms with van der Waals surface area (Å²) in [5, 5.41) is 3.16. The molecule has 3 rings (SSSR count). The number of fused-ring (bicyclic) bond motifs is 2. The molecule has 3 aliphatic heterocycles. The summed E-state index contributed by atoms with van der Waals surface area (Å²) in [6.07, 6.45) is 8.08. The van der Waals surface area contributed by atoms with Crippen molar-refractivity contribution in [2.24, 2.45) is 0 Å². The molecular weight excluding hydrogens is 292 g/mol.